The van der Waals surface area contributed by atoms with Crippen LogP contribution in [0.25, 0.3) is 0 Å². The van der Waals surface area contributed by atoms with E-state index in [-0.39, 0.29) is 5.78 Å². The average Bonchev–Trinajstić information content (AvgIpc) is 2.03. The maximum Gasteiger partial charge on any atom is 0.167 e. The Hall–Kier alpha value is -1.15. The van der Waals surface area contributed by atoms with Crippen LogP contribution in [-0.4, -0.2) is 10.8 Å². The molecule has 0 unspecified atom stereocenters. The molecular weight excluding hydrogens is 186 g/mol. The number of Topliss-reactive ketones (excluding diaryl/α,β-unsaturated/α-hetero) is 1. The van der Waals surface area contributed by atoms with Crippen LogP contribution in [0.4, 0.5) is 0 Å². The van der Waals surface area contributed by atoms with Crippen LogP contribution in [0.1, 0.15) is 23.7 Å². The van der Waals surface area contributed by atoms with E-state index in [1.54, 1.807) is 12.1 Å². The molecular formula is C10H10ClNO. The Bertz CT molecular complexity index is 347. The molecule has 13 heavy (non-hydrogen) atoms. The smallest absolute Gasteiger partial charge is 0.167 e. The number of pyridine rings is 1. The molecule has 1 aromatic rings. The summed E-state index contributed by atoms with van der Waals surface area (Å²) < 4.78 is 0. The highest BCUT2D eigenvalue weighted by molar-refractivity contribution is 6.29. The minimum atomic E-state index is 0.0248. The third-order valence-corrected chi connectivity index (χ3v) is 1.72. The molecule has 0 fully saturated rings. The van der Waals surface area contributed by atoms with Gasteiger partial charge in [0.15, 0.2) is 5.78 Å². The number of carbonyl (C=O) groups is 1. The average molecular weight is 196 g/mol. The second kappa shape index (κ2) is 4.19. The maximum absolute atomic E-state index is 11.5. The Morgan fingerprint density at radius 1 is 1.69 bits per heavy atom. The maximum atomic E-state index is 11.5. The van der Waals surface area contributed by atoms with Gasteiger partial charge in [-0.05, 0) is 19.1 Å². The van der Waals surface area contributed by atoms with Crippen molar-refractivity contribution in [2.24, 2.45) is 0 Å². The molecule has 0 aliphatic rings. The third-order valence-electron chi connectivity index (χ3n) is 1.51. The number of rotatable bonds is 3. The second-order valence-electron chi connectivity index (χ2n) is 2.92. The first-order chi connectivity index (χ1) is 6.09. The summed E-state index contributed by atoms with van der Waals surface area (Å²) in [5, 5.41) is 0.340. The predicted octanol–water partition coefficient (Wildman–Crippen LogP) is 2.88. The van der Waals surface area contributed by atoms with E-state index in [0.29, 0.717) is 17.1 Å². The standard InChI is InChI=1S/C10H10ClNO/c1-7(2)5-9(13)8-3-4-12-10(11)6-8/h3-4,6H,1,5H2,2H3. The Morgan fingerprint density at radius 2 is 2.38 bits per heavy atom. The summed E-state index contributed by atoms with van der Waals surface area (Å²) in [7, 11) is 0. The zero-order chi connectivity index (χ0) is 9.84. The fourth-order valence-corrected chi connectivity index (χ4v) is 1.13. The van der Waals surface area contributed by atoms with Crippen molar-refractivity contribution in [1.29, 1.82) is 0 Å². The zero-order valence-corrected chi connectivity index (χ0v) is 8.14. The van der Waals surface area contributed by atoms with Crippen LogP contribution in [-0.2, 0) is 0 Å². The molecule has 0 aliphatic carbocycles. The van der Waals surface area contributed by atoms with Gasteiger partial charge in [-0.25, -0.2) is 4.98 Å². The number of hydrogen-bond donors (Lipinski definition) is 0. The summed E-state index contributed by atoms with van der Waals surface area (Å²) in [5.74, 6) is 0.0248. The quantitative estimate of drug-likeness (QED) is 0.422. The lowest BCUT2D eigenvalue weighted by Crippen LogP contribution is -1.99. The molecule has 1 rings (SSSR count). The van der Waals surface area contributed by atoms with Gasteiger partial charge in [0.1, 0.15) is 5.15 Å². The number of hydrogen-bond acceptors (Lipinski definition) is 2. The van der Waals surface area contributed by atoms with Crippen molar-refractivity contribution >= 4 is 17.4 Å². The van der Waals surface area contributed by atoms with Crippen LogP contribution >= 0.6 is 11.6 Å². The summed E-state index contributed by atoms with van der Waals surface area (Å²) in [6, 6.07) is 3.21. The van der Waals surface area contributed by atoms with Crippen molar-refractivity contribution < 1.29 is 4.79 Å². The largest absolute Gasteiger partial charge is 0.294 e. The molecule has 3 heteroatoms. The monoisotopic (exact) mass is 195 g/mol. The molecule has 1 aromatic heterocycles. The summed E-state index contributed by atoms with van der Waals surface area (Å²) >= 11 is 5.64. The molecule has 0 aromatic carbocycles. The predicted molar refractivity (Wildman–Crippen MR) is 53.0 cm³/mol. The Kier molecular flexibility index (Phi) is 3.20. The van der Waals surface area contributed by atoms with Crippen molar-refractivity contribution in [2.45, 2.75) is 13.3 Å². The second-order valence-corrected chi connectivity index (χ2v) is 3.31. The number of aromatic nitrogens is 1. The molecule has 0 bridgehead atoms. The molecule has 1 heterocycles. The van der Waals surface area contributed by atoms with Gasteiger partial charge in [0.2, 0.25) is 0 Å². The van der Waals surface area contributed by atoms with Crippen LogP contribution < -0.4 is 0 Å². The molecule has 0 N–H and O–H groups in total. The number of nitrogens with zero attached hydrogens (tertiary/aromatic N) is 1. The Morgan fingerprint density at radius 3 is 2.92 bits per heavy atom. The normalized spacial score (nSPS) is 9.69. The van der Waals surface area contributed by atoms with Gasteiger partial charge in [0.05, 0.1) is 0 Å². The zero-order valence-electron chi connectivity index (χ0n) is 7.38. The first kappa shape index (κ1) is 9.93. The molecule has 2 nitrogen and oxygen atoms in total. The van der Waals surface area contributed by atoms with Gasteiger partial charge in [0.25, 0.3) is 0 Å². The first-order valence-electron chi connectivity index (χ1n) is 3.88. The highest BCUT2D eigenvalue weighted by Gasteiger charge is 2.05. The van der Waals surface area contributed by atoms with Gasteiger partial charge < -0.3 is 0 Å². The van der Waals surface area contributed by atoms with Crippen molar-refractivity contribution in [3.8, 4) is 0 Å². The summed E-state index contributed by atoms with van der Waals surface area (Å²) in [4.78, 5) is 15.3. The lowest BCUT2D eigenvalue weighted by Gasteiger charge is -1.99. The van der Waals surface area contributed by atoms with E-state index in [9.17, 15) is 4.79 Å². The minimum absolute atomic E-state index is 0.0248. The summed E-state index contributed by atoms with van der Waals surface area (Å²) in [6.07, 6.45) is 1.88. The molecule has 0 amide bonds. The van der Waals surface area contributed by atoms with Crippen LogP contribution in [0.15, 0.2) is 30.5 Å². The molecule has 0 aliphatic heterocycles. The minimum Gasteiger partial charge on any atom is -0.294 e. The van der Waals surface area contributed by atoms with Gasteiger partial charge in [-0.1, -0.05) is 23.8 Å². The summed E-state index contributed by atoms with van der Waals surface area (Å²) in [5.41, 5.74) is 1.43. The summed E-state index contributed by atoms with van der Waals surface area (Å²) in [6.45, 7) is 5.49. The molecule has 0 atom stereocenters. The van der Waals surface area contributed by atoms with Crippen molar-refractivity contribution in [3.63, 3.8) is 0 Å². The van der Waals surface area contributed by atoms with E-state index >= 15 is 0 Å². The number of carbonyl (C=O) groups excluding carboxylic acids is 1. The van der Waals surface area contributed by atoms with Crippen molar-refractivity contribution in [3.05, 3.63) is 41.2 Å². The molecule has 0 saturated carbocycles. The van der Waals surface area contributed by atoms with Crippen LogP contribution in [0.2, 0.25) is 5.15 Å². The number of allylic oxidation sites excluding steroid dienone is 1. The van der Waals surface area contributed by atoms with Gasteiger partial charge in [-0.3, -0.25) is 4.79 Å². The van der Waals surface area contributed by atoms with Crippen LogP contribution in [0.5, 0.6) is 0 Å². The van der Waals surface area contributed by atoms with E-state index < -0.39 is 0 Å². The number of ketones is 1. The van der Waals surface area contributed by atoms with Crippen LogP contribution in [0.3, 0.4) is 0 Å². The van der Waals surface area contributed by atoms with E-state index in [1.165, 1.54) is 6.20 Å². The lowest BCUT2D eigenvalue weighted by atomic mass is 10.1. The topological polar surface area (TPSA) is 30.0 Å². The van der Waals surface area contributed by atoms with Gasteiger partial charge >= 0.3 is 0 Å². The van der Waals surface area contributed by atoms with Crippen molar-refractivity contribution in [2.75, 3.05) is 0 Å². The van der Waals surface area contributed by atoms with Gasteiger partial charge in [-0.15, -0.1) is 0 Å². The fourth-order valence-electron chi connectivity index (χ4n) is 0.952. The van der Waals surface area contributed by atoms with Gasteiger partial charge in [0, 0.05) is 18.2 Å². The Labute approximate surface area is 82.3 Å². The van der Waals surface area contributed by atoms with E-state index in [0.717, 1.165) is 5.57 Å². The van der Waals surface area contributed by atoms with E-state index in [4.69, 9.17) is 11.6 Å². The highest BCUT2D eigenvalue weighted by Crippen LogP contribution is 2.11. The van der Waals surface area contributed by atoms with Crippen LogP contribution in [0, 0.1) is 0 Å². The fraction of sp³-hybridized carbons (Fsp3) is 0.200. The highest BCUT2D eigenvalue weighted by atomic mass is 35.5. The third kappa shape index (κ3) is 2.99. The molecule has 68 valence electrons. The van der Waals surface area contributed by atoms with E-state index in [1.807, 2.05) is 6.92 Å². The van der Waals surface area contributed by atoms with Crippen molar-refractivity contribution in [1.82, 2.24) is 4.98 Å². The number of halogens is 1. The van der Waals surface area contributed by atoms with Gasteiger partial charge in [-0.2, -0.15) is 0 Å². The Balaban J connectivity index is 2.83. The van der Waals surface area contributed by atoms with E-state index in [2.05, 4.69) is 11.6 Å². The molecule has 0 radical (unpaired) electrons. The first-order valence-corrected chi connectivity index (χ1v) is 4.26. The lowest BCUT2D eigenvalue weighted by molar-refractivity contribution is 0.0993. The molecule has 0 spiro atoms. The SMILES string of the molecule is C=C(C)CC(=O)c1ccnc(Cl)c1. The molecule has 0 saturated heterocycles.